The lowest BCUT2D eigenvalue weighted by atomic mass is 10.2. The molecular formula is C17H21N3O3S. The number of carbonyl (C=O) groups excluding carboxylic acids is 1. The summed E-state index contributed by atoms with van der Waals surface area (Å²) in [5, 5.41) is 5.97. The first-order valence-corrected chi connectivity index (χ1v) is 8.83. The molecule has 1 N–H and O–H groups in total. The molecular weight excluding hydrogens is 326 g/mol. The van der Waals surface area contributed by atoms with Gasteiger partial charge in [0.05, 0.1) is 26.0 Å². The smallest absolute Gasteiger partial charge is 0.317 e. The van der Waals surface area contributed by atoms with Gasteiger partial charge < -0.3 is 19.7 Å². The second kappa shape index (κ2) is 8.12. The molecule has 2 heterocycles. The minimum atomic E-state index is -0.0242. The van der Waals surface area contributed by atoms with Gasteiger partial charge in [-0.3, -0.25) is 0 Å². The van der Waals surface area contributed by atoms with Crippen molar-refractivity contribution in [3.63, 3.8) is 0 Å². The second-order valence-electron chi connectivity index (χ2n) is 5.45. The Kier molecular flexibility index (Phi) is 5.66. The van der Waals surface area contributed by atoms with Crippen LogP contribution in [0.5, 0.6) is 5.75 Å². The normalized spacial score (nSPS) is 14.5. The fourth-order valence-electron chi connectivity index (χ4n) is 2.46. The number of aromatic nitrogens is 1. The van der Waals surface area contributed by atoms with E-state index in [0.29, 0.717) is 32.8 Å². The summed E-state index contributed by atoms with van der Waals surface area (Å²) in [6.45, 7) is 3.13. The predicted octanol–water partition coefficient (Wildman–Crippen LogP) is 2.40. The largest absolute Gasteiger partial charge is 0.497 e. The van der Waals surface area contributed by atoms with Gasteiger partial charge >= 0.3 is 6.03 Å². The van der Waals surface area contributed by atoms with Crippen molar-refractivity contribution in [3.8, 4) is 16.3 Å². The molecule has 6 nitrogen and oxygen atoms in total. The SMILES string of the molecule is COc1ccc(-c2nc(CCNC(=O)N3CCOCC3)cs2)cc1. The zero-order valence-corrected chi connectivity index (χ0v) is 14.5. The topological polar surface area (TPSA) is 63.7 Å². The number of hydrogen-bond acceptors (Lipinski definition) is 5. The first-order valence-electron chi connectivity index (χ1n) is 7.95. The van der Waals surface area contributed by atoms with E-state index in [4.69, 9.17) is 9.47 Å². The number of nitrogens with one attached hydrogen (secondary N) is 1. The molecule has 0 spiro atoms. The Morgan fingerprint density at radius 3 is 2.79 bits per heavy atom. The number of hydrogen-bond donors (Lipinski definition) is 1. The molecule has 3 rings (SSSR count). The highest BCUT2D eigenvalue weighted by Crippen LogP contribution is 2.25. The summed E-state index contributed by atoms with van der Waals surface area (Å²) in [7, 11) is 1.65. The Morgan fingerprint density at radius 2 is 2.08 bits per heavy atom. The van der Waals surface area contributed by atoms with E-state index in [2.05, 4.69) is 10.3 Å². The van der Waals surface area contributed by atoms with Crippen molar-refractivity contribution in [1.29, 1.82) is 0 Å². The predicted molar refractivity (Wildman–Crippen MR) is 93.6 cm³/mol. The minimum absolute atomic E-state index is 0.0242. The maximum absolute atomic E-state index is 12.0. The van der Waals surface area contributed by atoms with Gasteiger partial charge in [-0.25, -0.2) is 9.78 Å². The third-order valence-corrected chi connectivity index (χ3v) is 4.78. The van der Waals surface area contributed by atoms with E-state index in [0.717, 1.165) is 28.4 Å². The first-order chi connectivity index (χ1) is 11.8. The minimum Gasteiger partial charge on any atom is -0.497 e. The number of methoxy groups -OCH3 is 1. The third-order valence-electron chi connectivity index (χ3n) is 3.84. The summed E-state index contributed by atoms with van der Waals surface area (Å²) in [5.41, 5.74) is 2.07. The molecule has 2 aromatic rings. The molecule has 0 aliphatic carbocycles. The Hall–Kier alpha value is -2.12. The third kappa shape index (κ3) is 4.24. The number of thiazole rings is 1. The molecule has 0 unspecified atom stereocenters. The van der Waals surface area contributed by atoms with Crippen LogP contribution in [0.25, 0.3) is 10.6 Å². The van der Waals surface area contributed by atoms with Crippen molar-refractivity contribution in [2.45, 2.75) is 6.42 Å². The zero-order valence-electron chi connectivity index (χ0n) is 13.7. The van der Waals surface area contributed by atoms with E-state index in [9.17, 15) is 4.79 Å². The molecule has 1 aromatic carbocycles. The molecule has 1 aliphatic heterocycles. The fraction of sp³-hybridized carbons (Fsp3) is 0.412. The Morgan fingerprint density at radius 1 is 1.33 bits per heavy atom. The number of nitrogens with zero attached hydrogens (tertiary/aromatic N) is 2. The Labute approximate surface area is 145 Å². The molecule has 0 bridgehead atoms. The summed E-state index contributed by atoms with van der Waals surface area (Å²) in [5.74, 6) is 0.835. The van der Waals surface area contributed by atoms with Gasteiger partial charge in [0.2, 0.25) is 0 Å². The summed E-state index contributed by atoms with van der Waals surface area (Å²) >= 11 is 1.61. The van der Waals surface area contributed by atoms with E-state index in [1.807, 2.05) is 29.6 Å². The maximum atomic E-state index is 12.0. The fourth-order valence-corrected chi connectivity index (χ4v) is 3.32. The van der Waals surface area contributed by atoms with Gasteiger partial charge in [-0.1, -0.05) is 0 Å². The lowest BCUT2D eigenvalue weighted by molar-refractivity contribution is 0.0533. The van der Waals surface area contributed by atoms with Crippen molar-refractivity contribution in [3.05, 3.63) is 35.3 Å². The van der Waals surface area contributed by atoms with Gasteiger partial charge in [0, 0.05) is 37.0 Å². The number of morpholine rings is 1. The second-order valence-corrected chi connectivity index (χ2v) is 6.31. The maximum Gasteiger partial charge on any atom is 0.317 e. The van der Waals surface area contributed by atoms with Crippen LogP contribution in [0.1, 0.15) is 5.69 Å². The Bertz CT molecular complexity index is 666. The van der Waals surface area contributed by atoms with E-state index >= 15 is 0 Å². The lowest BCUT2D eigenvalue weighted by Crippen LogP contribution is -2.46. The quantitative estimate of drug-likeness (QED) is 0.902. The number of carbonyl (C=O) groups is 1. The number of ether oxygens (including phenoxy) is 2. The summed E-state index contributed by atoms with van der Waals surface area (Å²) < 4.78 is 10.4. The van der Waals surface area contributed by atoms with Gasteiger partial charge in [0.25, 0.3) is 0 Å². The van der Waals surface area contributed by atoms with Gasteiger partial charge in [-0.15, -0.1) is 11.3 Å². The van der Waals surface area contributed by atoms with Crippen molar-refractivity contribution in [2.24, 2.45) is 0 Å². The molecule has 1 aromatic heterocycles. The molecule has 2 amide bonds. The molecule has 0 radical (unpaired) electrons. The van der Waals surface area contributed by atoms with Crippen LogP contribution < -0.4 is 10.1 Å². The zero-order chi connectivity index (χ0) is 16.8. The van der Waals surface area contributed by atoms with E-state index in [1.54, 1.807) is 23.3 Å². The monoisotopic (exact) mass is 347 g/mol. The molecule has 1 fully saturated rings. The number of amides is 2. The summed E-state index contributed by atoms with van der Waals surface area (Å²) in [6, 6.07) is 7.84. The highest BCUT2D eigenvalue weighted by molar-refractivity contribution is 7.13. The van der Waals surface area contributed by atoms with Crippen LogP contribution in [-0.2, 0) is 11.2 Å². The van der Waals surface area contributed by atoms with Crippen LogP contribution in [-0.4, -0.2) is 55.9 Å². The van der Waals surface area contributed by atoms with Crippen LogP contribution in [0.3, 0.4) is 0 Å². The highest BCUT2D eigenvalue weighted by atomic mass is 32.1. The average Bonchev–Trinajstić information content (AvgIpc) is 3.11. The van der Waals surface area contributed by atoms with Crippen LogP contribution in [0, 0.1) is 0 Å². The van der Waals surface area contributed by atoms with Gasteiger partial charge in [0.1, 0.15) is 10.8 Å². The first kappa shape index (κ1) is 16.7. The van der Waals surface area contributed by atoms with Crippen LogP contribution in [0.4, 0.5) is 4.79 Å². The number of urea groups is 1. The van der Waals surface area contributed by atoms with Crippen molar-refractivity contribution in [2.75, 3.05) is 40.0 Å². The van der Waals surface area contributed by atoms with Crippen LogP contribution in [0.2, 0.25) is 0 Å². The average molecular weight is 347 g/mol. The molecule has 24 heavy (non-hydrogen) atoms. The highest BCUT2D eigenvalue weighted by Gasteiger charge is 2.16. The molecule has 1 saturated heterocycles. The van der Waals surface area contributed by atoms with E-state index in [1.165, 1.54) is 0 Å². The standard InChI is InChI=1S/C17H21N3O3S/c1-22-15-4-2-13(3-5-15)16-19-14(12-24-16)6-7-18-17(21)20-8-10-23-11-9-20/h2-5,12H,6-11H2,1H3,(H,18,21). The Balaban J connectivity index is 1.49. The molecule has 128 valence electrons. The number of rotatable bonds is 5. The van der Waals surface area contributed by atoms with Crippen molar-refractivity contribution in [1.82, 2.24) is 15.2 Å². The summed E-state index contributed by atoms with van der Waals surface area (Å²) in [4.78, 5) is 18.4. The lowest BCUT2D eigenvalue weighted by Gasteiger charge is -2.26. The van der Waals surface area contributed by atoms with Gasteiger partial charge in [-0.2, -0.15) is 0 Å². The van der Waals surface area contributed by atoms with E-state index < -0.39 is 0 Å². The van der Waals surface area contributed by atoms with Crippen LogP contribution >= 0.6 is 11.3 Å². The van der Waals surface area contributed by atoms with Crippen molar-refractivity contribution < 1.29 is 14.3 Å². The van der Waals surface area contributed by atoms with Crippen molar-refractivity contribution >= 4 is 17.4 Å². The summed E-state index contributed by atoms with van der Waals surface area (Å²) in [6.07, 6.45) is 0.725. The number of benzene rings is 1. The molecule has 0 saturated carbocycles. The van der Waals surface area contributed by atoms with Gasteiger partial charge in [-0.05, 0) is 24.3 Å². The molecule has 7 heteroatoms. The van der Waals surface area contributed by atoms with Crippen LogP contribution in [0.15, 0.2) is 29.6 Å². The molecule has 1 aliphatic rings. The van der Waals surface area contributed by atoms with Gasteiger partial charge in [0.15, 0.2) is 0 Å². The van der Waals surface area contributed by atoms with E-state index in [-0.39, 0.29) is 6.03 Å². The molecule has 0 atom stereocenters.